The van der Waals surface area contributed by atoms with E-state index < -0.39 is 0 Å². The van der Waals surface area contributed by atoms with Gasteiger partial charge in [0.15, 0.2) is 0 Å². The summed E-state index contributed by atoms with van der Waals surface area (Å²) in [6.45, 7) is 0.414. The second kappa shape index (κ2) is 9.33. The van der Waals surface area contributed by atoms with Gasteiger partial charge < -0.3 is 16.0 Å². The van der Waals surface area contributed by atoms with Crippen LogP contribution in [0, 0.1) is 0 Å². The number of carbonyl (C=O) groups excluding carboxylic acids is 2. The maximum Gasteiger partial charge on any atom is 0.251 e. The van der Waals surface area contributed by atoms with Crippen LogP contribution < -0.4 is 16.0 Å². The van der Waals surface area contributed by atoms with Crippen LogP contribution in [0.25, 0.3) is 11.3 Å². The van der Waals surface area contributed by atoms with Crippen LogP contribution >= 0.6 is 11.6 Å². The zero-order chi connectivity index (χ0) is 23.5. The smallest absolute Gasteiger partial charge is 0.251 e. The minimum Gasteiger partial charge on any atom is -0.348 e. The highest BCUT2D eigenvalue weighted by atomic mass is 35.5. The van der Waals surface area contributed by atoms with Crippen molar-refractivity contribution in [2.24, 2.45) is 0 Å². The number of rotatable bonds is 5. The van der Waals surface area contributed by atoms with E-state index in [4.69, 9.17) is 11.6 Å². The molecule has 1 aliphatic heterocycles. The summed E-state index contributed by atoms with van der Waals surface area (Å²) < 4.78 is 0. The van der Waals surface area contributed by atoms with Crippen molar-refractivity contribution in [1.29, 1.82) is 0 Å². The number of hydrogen-bond donors (Lipinski definition) is 3. The summed E-state index contributed by atoms with van der Waals surface area (Å²) in [6.07, 6.45) is 1.88. The third-order valence-corrected chi connectivity index (χ3v) is 5.69. The molecule has 0 spiro atoms. The first-order chi connectivity index (χ1) is 16.5. The molecular weight excluding hydrogens is 450 g/mol. The Morgan fingerprint density at radius 3 is 2.56 bits per heavy atom. The van der Waals surface area contributed by atoms with Crippen LogP contribution in [0.5, 0.6) is 0 Å². The Labute approximate surface area is 201 Å². The van der Waals surface area contributed by atoms with E-state index in [0.29, 0.717) is 28.8 Å². The Kier molecular flexibility index (Phi) is 5.93. The van der Waals surface area contributed by atoms with Crippen molar-refractivity contribution in [3.8, 4) is 11.3 Å². The van der Waals surface area contributed by atoms with Crippen LogP contribution in [-0.4, -0.2) is 21.8 Å². The largest absolute Gasteiger partial charge is 0.348 e. The number of nitrogens with one attached hydrogen (secondary N) is 3. The quantitative estimate of drug-likeness (QED) is 0.383. The van der Waals surface area contributed by atoms with Gasteiger partial charge in [0.05, 0.1) is 17.8 Å². The molecule has 0 bridgehead atoms. The van der Waals surface area contributed by atoms with Crippen LogP contribution in [0.1, 0.15) is 21.5 Å². The number of fused-ring (bicyclic) bond motifs is 3. The number of nitrogens with zero attached hydrogens (tertiary/aromatic N) is 2. The molecule has 0 unspecified atom stereocenters. The van der Waals surface area contributed by atoms with Crippen molar-refractivity contribution < 1.29 is 9.59 Å². The van der Waals surface area contributed by atoms with Crippen LogP contribution in [0.3, 0.4) is 0 Å². The summed E-state index contributed by atoms with van der Waals surface area (Å²) in [5, 5.41) is 9.64. The Balaban J connectivity index is 1.29. The molecule has 0 fully saturated rings. The Bertz CT molecular complexity index is 1370. The van der Waals surface area contributed by atoms with Crippen LogP contribution in [0.4, 0.5) is 17.3 Å². The fourth-order valence-electron chi connectivity index (χ4n) is 3.72. The first-order valence-corrected chi connectivity index (χ1v) is 11.1. The lowest BCUT2D eigenvalue weighted by Crippen LogP contribution is -2.22. The maximum atomic E-state index is 12.5. The lowest BCUT2D eigenvalue weighted by atomic mass is 10.1. The van der Waals surface area contributed by atoms with E-state index in [-0.39, 0.29) is 18.2 Å². The molecule has 0 saturated carbocycles. The molecule has 0 saturated heterocycles. The topological polar surface area (TPSA) is 96.0 Å². The van der Waals surface area contributed by atoms with Crippen molar-refractivity contribution in [2.75, 3.05) is 10.6 Å². The average molecular weight is 470 g/mol. The predicted octanol–water partition coefficient (Wildman–Crippen LogP) is 4.97. The first-order valence-electron chi connectivity index (χ1n) is 10.7. The SMILES string of the molecule is O=C1Cc2cnc(Nc3ccc(C(=O)NCc4ccc(Cl)cc4)cc3)nc2-c2ccccc2N1. The molecule has 0 aliphatic carbocycles. The summed E-state index contributed by atoms with van der Waals surface area (Å²) in [5.41, 5.74) is 5.30. The molecule has 34 heavy (non-hydrogen) atoms. The number of para-hydroxylation sites is 1. The van der Waals surface area contributed by atoms with Crippen molar-refractivity contribution in [2.45, 2.75) is 13.0 Å². The summed E-state index contributed by atoms with van der Waals surface area (Å²) in [7, 11) is 0. The van der Waals surface area contributed by atoms with Gasteiger partial charge in [-0.3, -0.25) is 9.59 Å². The molecule has 0 radical (unpaired) electrons. The molecule has 1 aliphatic rings. The fourth-order valence-corrected chi connectivity index (χ4v) is 3.84. The van der Waals surface area contributed by atoms with Gasteiger partial charge in [0.25, 0.3) is 5.91 Å². The van der Waals surface area contributed by atoms with Gasteiger partial charge >= 0.3 is 0 Å². The molecule has 3 aromatic carbocycles. The minimum absolute atomic E-state index is 0.0968. The van der Waals surface area contributed by atoms with Crippen molar-refractivity contribution in [3.05, 3.63) is 101 Å². The zero-order valence-corrected chi connectivity index (χ0v) is 18.8. The van der Waals surface area contributed by atoms with E-state index in [1.54, 1.807) is 42.6 Å². The maximum absolute atomic E-state index is 12.5. The normalized spacial score (nSPS) is 12.1. The number of benzene rings is 3. The molecule has 4 aromatic rings. The number of anilines is 3. The summed E-state index contributed by atoms with van der Waals surface area (Å²) in [5.74, 6) is 0.139. The lowest BCUT2D eigenvalue weighted by Gasteiger charge is -2.11. The van der Waals surface area contributed by atoms with Crippen molar-refractivity contribution in [3.63, 3.8) is 0 Å². The molecule has 1 aromatic heterocycles. The van der Waals surface area contributed by atoms with Crippen molar-refractivity contribution >= 4 is 40.7 Å². The van der Waals surface area contributed by atoms with E-state index in [0.717, 1.165) is 28.1 Å². The Morgan fingerprint density at radius 2 is 1.76 bits per heavy atom. The van der Waals surface area contributed by atoms with E-state index in [1.165, 1.54) is 0 Å². The van der Waals surface area contributed by atoms with Gasteiger partial charge in [0.1, 0.15) is 0 Å². The van der Waals surface area contributed by atoms with Crippen LogP contribution in [0.2, 0.25) is 5.02 Å². The first kappa shape index (κ1) is 21.6. The highest BCUT2D eigenvalue weighted by molar-refractivity contribution is 6.30. The third-order valence-electron chi connectivity index (χ3n) is 5.44. The van der Waals surface area contributed by atoms with Crippen LogP contribution in [0.15, 0.2) is 79.0 Å². The van der Waals surface area contributed by atoms with Gasteiger partial charge in [-0.15, -0.1) is 0 Å². The molecular formula is C26H20ClN5O2. The van der Waals surface area contributed by atoms with Crippen molar-refractivity contribution in [1.82, 2.24) is 15.3 Å². The van der Waals surface area contributed by atoms with Gasteiger partial charge in [0, 0.05) is 40.1 Å². The highest BCUT2D eigenvalue weighted by Gasteiger charge is 2.20. The van der Waals surface area contributed by atoms with Gasteiger partial charge in [-0.25, -0.2) is 9.97 Å². The fraction of sp³-hybridized carbons (Fsp3) is 0.0769. The molecule has 7 nitrogen and oxygen atoms in total. The summed E-state index contributed by atoms with van der Waals surface area (Å²) in [6, 6.07) is 22.0. The lowest BCUT2D eigenvalue weighted by molar-refractivity contribution is -0.115. The van der Waals surface area contributed by atoms with E-state index >= 15 is 0 Å². The van der Waals surface area contributed by atoms with E-state index in [1.807, 2.05) is 36.4 Å². The molecule has 168 valence electrons. The Morgan fingerprint density at radius 1 is 1.00 bits per heavy atom. The molecule has 2 heterocycles. The number of carbonyl (C=O) groups is 2. The number of amides is 2. The zero-order valence-electron chi connectivity index (χ0n) is 18.0. The number of aromatic nitrogens is 2. The highest BCUT2D eigenvalue weighted by Crippen LogP contribution is 2.32. The van der Waals surface area contributed by atoms with E-state index in [9.17, 15) is 9.59 Å². The Hall–Kier alpha value is -4.23. The minimum atomic E-state index is -0.170. The number of hydrogen-bond acceptors (Lipinski definition) is 5. The van der Waals surface area contributed by atoms with Gasteiger partial charge in [0.2, 0.25) is 11.9 Å². The average Bonchev–Trinajstić information content (AvgIpc) is 2.99. The van der Waals surface area contributed by atoms with Gasteiger partial charge in [-0.2, -0.15) is 0 Å². The summed E-state index contributed by atoms with van der Waals surface area (Å²) >= 11 is 5.89. The summed E-state index contributed by atoms with van der Waals surface area (Å²) in [4.78, 5) is 33.7. The molecule has 2 amide bonds. The number of halogens is 1. The van der Waals surface area contributed by atoms with Gasteiger partial charge in [-0.1, -0.05) is 41.9 Å². The van der Waals surface area contributed by atoms with E-state index in [2.05, 4.69) is 25.9 Å². The third kappa shape index (κ3) is 4.74. The standard InChI is InChI=1S/C26H20ClN5O2/c27-19-9-5-16(6-10-19)14-28-25(34)17-7-11-20(12-8-17)30-26-29-15-18-13-23(33)31-22-4-2-1-3-21(22)24(18)32-26/h1-12,15H,13-14H2,(H,28,34)(H,31,33)(H,29,30,32). The predicted molar refractivity (Wildman–Crippen MR) is 132 cm³/mol. The second-order valence-corrected chi connectivity index (χ2v) is 8.29. The molecule has 0 atom stereocenters. The monoisotopic (exact) mass is 469 g/mol. The molecule has 8 heteroatoms. The van der Waals surface area contributed by atoms with Gasteiger partial charge in [-0.05, 0) is 48.0 Å². The van der Waals surface area contributed by atoms with Crippen LogP contribution in [-0.2, 0) is 17.8 Å². The molecule has 5 rings (SSSR count). The second-order valence-electron chi connectivity index (χ2n) is 7.85. The molecule has 3 N–H and O–H groups in total.